The Labute approximate surface area is 99.6 Å². The zero-order chi connectivity index (χ0) is 12.3. The van der Waals surface area contributed by atoms with Crippen molar-refractivity contribution in [2.45, 2.75) is 13.8 Å². The second-order valence-electron chi connectivity index (χ2n) is 3.38. The molecule has 0 spiro atoms. The van der Waals surface area contributed by atoms with Crippen LogP contribution in [0.3, 0.4) is 0 Å². The Morgan fingerprint density at radius 3 is 2.44 bits per heavy atom. The SMILES string of the molecule is CCN(CC)c1c(Cl)cc(N)cc1C(=O)O. The van der Waals surface area contributed by atoms with Crippen molar-refractivity contribution < 1.29 is 9.90 Å². The molecule has 1 rings (SSSR count). The van der Waals surface area contributed by atoms with E-state index in [0.29, 0.717) is 29.5 Å². The van der Waals surface area contributed by atoms with Crippen LogP contribution in [0, 0.1) is 0 Å². The molecule has 0 atom stereocenters. The van der Waals surface area contributed by atoms with Gasteiger partial charge >= 0.3 is 5.97 Å². The molecule has 0 aromatic heterocycles. The maximum atomic E-state index is 11.1. The average Bonchev–Trinajstić information content (AvgIpc) is 2.21. The third-order valence-corrected chi connectivity index (χ3v) is 2.68. The van der Waals surface area contributed by atoms with E-state index in [4.69, 9.17) is 22.4 Å². The van der Waals surface area contributed by atoms with Gasteiger partial charge in [-0.2, -0.15) is 0 Å². The Kier molecular flexibility index (Phi) is 4.01. The van der Waals surface area contributed by atoms with Gasteiger partial charge in [-0.25, -0.2) is 4.79 Å². The van der Waals surface area contributed by atoms with Crippen molar-refractivity contribution in [3.05, 3.63) is 22.7 Å². The number of nitrogens with two attached hydrogens (primary N) is 1. The quantitative estimate of drug-likeness (QED) is 0.796. The number of nitrogen functional groups attached to an aromatic ring is 1. The predicted octanol–water partition coefficient (Wildman–Crippen LogP) is 2.47. The zero-order valence-electron chi connectivity index (χ0n) is 9.33. The summed E-state index contributed by atoms with van der Waals surface area (Å²) in [6.45, 7) is 5.28. The van der Waals surface area contributed by atoms with Crippen LogP contribution in [0.1, 0.15) is 24.2 Å². The van der Waals surface area contributed by atoms with Crippen LogP contribution >= 0.6 is 11.6 Å². The van der Waals surface area contributed by atoms with Gasteiger partial charge < -0.3 is 15.7 Å². The fourth-order valence-electron chi connectivity index (χ4n) is 1.64. The summed E-state index contributed by atoms with van der Waals surface area (Å²) in [5, 5.41) is 9.49. The second-order valence-corrected chi connectivity index (χ2v) is 3.78. The Morgan fingerprint density at radius 2 is 2.00 bits per heavy atom. The van der Waals surface area contributed by atoms with Gasteiger partial charge in [-0.1, -0.05) is 11.6 Å². The first-order valence-electron chi connectivity index (χ1n) is 5.08. The lowest BCUT2D eigenvalue weighted by atomic mass is 10.1. The van der Waals surface area contributed by atoms with E-state index in [9.17, 15) is 4.79 Å². The molecule has 0 saturated heterocycles. The number of hydrogen-bond acceptors (Lipinski definition) is 3. The van der Waals surface area contributed by atoms with E-state index in [1.165, 1.54) is 6.07 Å². The highest BCUT2D eigenvalue weighted by molar-refractivity contribution is 6.34. The number of carboxylic acids is 1. The van der Waals surface area contributed by atoms with E-state index in [1.807, 2.05) is 18.7 Å². The molecule has 4 nitrogen and oxygen atoms in total. The molecule has 5 heteroatoms. The van der Waals surface area contributed by atoms with Crippen molar-refractivity contribution in [1.82, 2.24) is 0 Å². The molecule has 88 valence electrons. The Bertz CT molecular complexity index is 403. The molecule has 0 unspecified atom stereocenters. The monoisotopic (exact) mass is 242 g/mol. The lowest BCUT2D eigenvalue weighted by Crippen LogP contribution is -2.24. The highest BCUT2D eigenvalue weighted by atomic mass is 35.5. The molecule has 0 heterocycles. The number of anilines is 2. The van der Waals surface area contributed by atoms with Crippen LogP contribution in [-0.4, -0.2) is 24.2 Å². The minimum Gasteiger partial charge on any atom is -0.478 e. The minimum atomic E-state index is -1.02. The summed E-state index contributed by atoms with van der Waals surface area (Å²) < 4.78 is 0. The predicted molar refractivity (Wildman–Crippen MR) is 66.4 cm³/mol. The van der Waals surface area contributed by atoms with Gasteiger partial charge in [0.05, 0.1) is 16.3 Å². The van der Waals surface area contributed by atoms with E-state index >= 15 is 0 Å². The van der Waals surface area contributed by atoms with Gasteiger partial charge in [0.15, 0.2) is 0 Å². The average molecular weight is 243 g/mol. The van der Waals surface area contributed by atoms with Crippen LogP contribution in [0.2, 0.25) is 5.02 Å². The first-order chi connectivity index (χ1) is 7.51. The smallest absolute Gasteiger partial charge is 0.337 e. The van der Waals surface area contributed by atoms with Crippen molar-refractivity contribution >= 4 is 28.9 Å². The van der Waals surface area contributed by atoms with Gasteiger partial charge in [0.2, 0.25) is 0 Å². The zero-order valence-corrected chi connectivity index (χ0v) is 10.1. The van der Waals surface area contributed by atoms with E-state index in [-0.39, 0.29) is 5.56 Å². The van der Waals surface area contributed by atoms with Crippen LogP contribution in [0.5, 0.6) is 0 Å². The summed E-state index contributed by atoms with van der Waals surface area (Å²) >= 11 is 6.05. The number of aromatic carboxylic acids is 1. The molecule has 16 heavy (non-hydrogen) atoms. The van der Waals surface area contributed by atoms with Gasteiger partial charge in [-0.3, -0.25) is 0 Å². The van der Waals surface area contributed by atoms with Crippen molar-refractivity contribution in [2.24, 2.45) is 0 Å². The Morgan fingerprint density at radius 1 is 1.44 bits per heavy atom. The topological polar surface area (TPSA) is 66.6 Å². The number of hydrogen-bond donors (Lipinski definition) is 2. The van der Waals surface area contributed by atoms with E-state index < -0.39 is 5.97 Å². The van der Waals surface area contributed by atoms with Crippen molar-refractivity contribution in [1.29, 1.82) is 0 Å². The van der Waals surface area contributed by atoms with Crippen LogP contribution < -0.4 is 10.6 Å². The van der Waals surface area contributed by atoms with Gasteiger partial charge in [0.25, 0.3) is 0 Å². The standard InChI is InChI=1S/C11H15ClN2O2/c1-3-14(4-2)10-8(11(15)16)5-7(13)6-9(10)12/h5-6H,3-4,13H2,1-2H3,(H,15,16). The first kappa shape index (κ1) is 12.6. The Balaban J connectivity index is 3.39. The third kappa shape index (κ3) is 2.39. The number of rotatable bonds is 4. The molecular formula is C11H15ClN2O2. The number of benzene rings is 1. The van der Waals surface area contributed by atoms with Crippen molar-refractivity contribution in [3.8, 4) is 0 Å². The normalized spacial score (nSPS) is 10.2. The van der Waals surface area contributed by atoms with Crippen LogP contribution in [0.25, 0.3) is 0 Å². The number of carboxylic acid groups (broad SMARTS) is 1. The van der Waals surface area contributed by atoms with Gasteiger partial charge in [0, 0.05) is 18.8 Å². The van der Waals surface area contributed by atoms with Crippen LogP contribution in [-0.2, 0) is 0 Å². The minimum absolute atomic E-state index is 0.147. The summed E-state index contributed by atoms with van der Waals surface area (Å²) in [7, 11) is 0. The molecule has 0 radical (unpaired) electrons. The van der Waals surface area contributed by atoms with E-state index in [0.717, 1.165) is 0 Å². The molecule has 0 fully saturated rings. The fourth-order valence-corrected chi connectivity index (χ4v) is 1.99. The maximum Gasteiger partial charge on any atom is 0.337 e. The molecule has 0 aliphatic rings. The van der Waals surface area contributed by atoms with Crippen molar-refractivity contribution in [2.75, 3.05) is 23.7 Å². The second kappa shape index (κ2) is 5.07. The summed E-state index contributed by atoms with van der Waals surface area (Å²) in [6, 6.07) is 3.00. The molecule has 0 aliphatic heterocycles. The summed E-state index contributed by atoms with van der Waals surface area (Å²) in [5.41, 5.74) is 6.62. The molecule has 3 N–H and O–H groups in total. The maximum absolute atomic E-state index is 11.1. The highest BCUT2D eigenvalue weighted by Gasteiger charge is 2.18. The molecule has 1 aromatic rings. The summed E-state index contributed by atoms with van der Waals surface area (Å²) in [5.74, 6) is -1.02. The van der Waals surface area contributed by atoms with Crippen molar-refractivity contribution in [3.63, 3.8) is 0 Å². The number of carbonyl (C=O) groups is 1. The van der Waals surface area contributed by atoms with Gasteiger partial charge in [-0.15, -0.1) is 0 Å². The van der Waals surface area contributed by atoms with Crippen LogP contribution in [0.15, 0.2) is 12.1 Å². The van der Waals surface area contributed by atoms with Gasteiger partial charge in [0.1, 0.15) is 0 Å². The summed E-state index contributed by atoms with van der Waals surface area (Å²) in [6.07, 6.45) is 0. The van der Waals surface area contributed by atoms with E-state index in [1.54, 1.807) is 6.07 Å². The largest absolute Gasteiger partial charge is 0.478 e. The molecule has 0 amide bonds. The highest BCUT2D eigenvalue weighted by Crippen LogP contribution is 2.32. The number of halogens is 1. The molecule has 0 saturated carbocycles. The van der Waals surface area contributed by atoms with E-state index in [2.05, 4.69) is 0 Å². The first-order valence-corrected chi connectivity index (χ1v) is 5.46. The molecule has 0 bridgehead atoms. The fraction of sp³-hybridized carbons (Fsp3) is 0.364. The summed E-state index contributed by atoms with van der Waals surface area (Å²) in [4.78, 5) is 13.0. The molecule has 0 aliphatic carbocycles. The van der Waals surface area contributed by atoms with Crippen LogP contribution in [0.4, 0.5) is 11.4 Å². The number of nitrogens with zero attached hydrogens (tertiary/aromatic N) is 1. The third-order valence-electron chi connectivity index (χ3n) is 2.40. The molecular weight excluding hydrogens is 228 g/mol. The lowest BCUT2D eigenvalue weighted by Gasteiger charge is -2.24. The lowest BCUT2D eigenvalue weighted by molar-refractivity contribution is 0.0697. The molecule has 1 aromatic carbocycles. The Hall–Kier alpha value is -1.42. The van der Waals surface area contributed by atoms with Gasteiger partial charge in [-0.05, 0) is 26.0 Å².